The summed E-state index contributed by atoms with van der Waals surface area (Å²) in [6, 6.07) is 11.1. The molecule has 0 radical (unpaired) electrons. The molecule has 1 aliphatic heterocycles. The van der Waals surface area contributed by atoms with Crippen LogP contribution in [0.1, 0.15) is 11.3 Å². The van der Waals surface area contributed by atoms with Gasteiger partial charge in [-0.15, -0.1) is 0 Å². The Bertz CT molecular complexity index is 953. The van der Waals surface area contributed by atoms with Gasteiger partial charge in [-0.25, -0.2) is 4.39 Å². The van der Waals surface area contributed by atoms with Crippen LogP contribution in [0.3, 0.4) is 0 Å². The number of ether oxygens (including phenoxy) is 1. The Morgan fingerprint density at radius 3 is 2.57 bits per heavy atom. The summed E-state index contributed by atoms with van der Waals surface area (Å²) in [4.78, 5) is 16.5. The van der Waals surface area contributed by atoms with Crippen LogP contribution in [0.5, 0.6) is 0 Å². The highest BCUT2D eigenvalue weighted by molar-refractivity contribution is 5.87. The van der Waals surface area contributed by atoms with Gasteiger partial charge in [0, 0.05) is 38.4 Å². The number of hydrogen-bond donors (Lipinski definition) is 2. The largest absolute Gasteiger partial charge is 0.366 e. The lowest BCUT2D eigenvalue weighted by molar-refractivity contribution is -0.150. The van der Waals surface area contributed by atoms with Gasteiger partial charge in [0.25, 0.3) is 5.91 Å². The van der Waals surface area contributed by atoms with Crippen LogP contribution >= 0.6 is 0 Å². The average molecular weight is 379 g/mol. The summed E-state index contributed by atoms with van der Waals surface area (Å²) >= 11 is 0. The number of nitriles is 2. The lowest BCUT2D eigenvalue weighted by Gasteiger charge is -2.39. The van der Waals surface area contributed by atoms with E-state index in [0.29, 0.717) is 24.2 Å². The fourth-order valence-corrected chi connectivity index (χ4v) is 2.87. The van der Waals surface area contributed by atoms with Crippen LogP contribution in [-0.2, 0) is 16.0 Å². The van der Waals surface area contributed by atoms with Crippen LogP contribution < -0.4 is 10.6 Å². The molecular formula is C20H18FN5O2. The molecule has 1 atom stereocenters. The Balaban J connectivity index is 1.71. The van der Waals surface area contributed by atoms with Crippen molar-refractivity contribution in [3.05, 3.63) is 53.6 Å². The lowest BCUT2D eigenvalue weighted by atomic mass is 9.95. The molecular weight excluding hydrogens is 361 g/mol. The minimum absolute atomic E-state index is 0.0606. The fraction of sp³-hybridized carbons (Fsp3) is 0.300. The number of nitrogens with zero attached hydrogens (tertiary/aromatic N) is 3. The van der Waals surface area contributed by atoms with Crippen LogP contribution in [-0.4, -0.2) is 42.7 Å². The van der Waals surface area contributed by atoms with Gasteiger partial charge in [0.15, 0.2) is 5.60 Å². The number of rotatable bonds is 6. The van der Waals surface area contributed by atoms with Crippen molar-refractivity contribution < 1.29 is 13.9 Å². The van der Waals surface area contributed by atoms with Crippen LogP contribution in [0.2, 0.25) is 0 Å². The Kier molecular flexibility index (Phi) is 5.65. The number of methoxy groups -OCH3 is 1. The molecule has 1 aromatic heterocycles. The highest BCUT2D eigenvalue weighted by Gasteiger charge is 2.45. The van der Waals surface area contributed by atoms with Crippen LogP contribution in [0.25, 0.3) is 11.1 Å². The molecule has 1 saturated heterocycles. The number of aromatic nitrogens is 1. The topological polar surface area (TPSA) is 111 Å². The molecule has 1 aliphatic rings. The van der Waals surface area contributed by atoms with Crippen LogP contribution in [0.4, 0.5) is 4.39 Å². The highest BCUT2D eigenvalue weighted by Crippen LogP contribution is 2.22. The van der Waals surface area contributed by atoms with Gasteiger partial charge < -0.3 is 15.4 Å². The maximum atomic E-state index is 14.5. The zero-order valence-corrected chi connectivity index (χ0v) is 15.2. The molecule has 2 N–H and O–H groups in total. The molecule has 7 nitrogen and oxygen atoms in total. The minimum atomic E-state index is -0.986. The highest BCUT2D eigenvalue weighted by atomic mass is 19.1. The predicted molar refractivity (Wildman–Crippen MR) is 98.2 cm³/mol. The van der Waals surface area contributed by atoms with Crippen molar-refractivity contribution >= 4 is 5.91 Å². The summed E-state index contributed by atoms with van der Waals surface area (Å²) < 4.78 is 19.8. The molecule has 1 aromatic carbocycles. The third kappa shape index (κ3) is 3.84. The second-order valence-corrected chi connectivity index (χ2v) is 6.50. The second kappa shape index (κ2) is 8.13. The van der Waals surface area contributed by atoms with Gasteiger partial charge in [-0.3, -0.25) is 9.78 Å². The molecule has 1 amide bonds. The summed E-state index contributed by atoms with van der Waals surface area (Å²) in [5, 5.41) is 23.7. The summed E-state index contributed by atoms with van der Waals surface area (Å²) in [5.74, 6) is -0.974. The summed E-state index contributed by atoms with van der Waals surface area (Å²) in [7, 11) is 1.44. The summed E-state index contributed by atoms with van der Waals surface area (Å²) in [6.45, 7) is 0.721. The van der Waals surface area contributed by atoms with Crippen molar-refractivity contribution in [1.82, 2.24) is 15.6 Å². The van der Waals surface area contributed by atoms with E-state index in [1.807, 2.05) is 12.1 Å². The number of benzene rings is 1. The van der Waals surface area contributed by atoms with Gasteiger partial charge in [-0.1, -0.05) is 12.1 Å². The molecule has 0 spiro atoms. The molecule has 0 bridgehead atoms. The standard InChI is InChI=1S/C20H18FN5O2/c1-28-20(11-24-12-20)19(27)26-16(9-23)7-18-17(21)6-15(10-25-18)14-4-2-13(8-22)3-5-14/h2-6,10,16,24H,7,11-12H2,1H3,(H,26,27). The Labute approximate surface area is 161 Å². The minimum Gasteiger partial charge on any atom is -0.366 e. The predicted octanol–water partition coefficient (Wildman–Crippen LogP) is 1.30. The van der Waals surface area contributed by atoms with E-state index in [0.717, 1.165) is 5.56 Å². The maximum absolute atomic E-state index is 14.5. The molecule has 2 aromatic rings. The lowest BCUT2D eigenvalue weighted by Crippen LogP contribution is -2.69. The normalized spacial score (nSPS) is 15.6. The Morgan fingerprint density at radius 2 is 2.07 bits per heavy atom. The van der Waals surface area contributed by atoms with Crippen LogP contribution in [0, 0.1) is 28.5 Å². The first kappa shape index (κ1) is 19.4. The molecule has 2 heterocycles. The summed E-state index contributed by atoms with van der Waals surface area (Å²) in [5.41, 5.74) is 0.892. The second-order valence-electron chi connectivity index (χ2n) is 6.50. The number of halogens is 1. The zero-order chi connectivity index (χ0) is 20.1. The van der Waals surface area contributed by atoms with Crippen molar-refractivity contribution in [2.24, 2.45) is 0 Å². The van der Waals surface area contributed by atoms with Gasteiger partial charge in [0.2, 0.25) is 0 Å². The van der Waals surface area contributed by atoms with Crippen LogP contribution in [0.15, 0.2) is 36.5 Å². The number of hydrogen-bond acceptors (Lipinski definition) is 6. The molecule has 0 saturated carbocycles. The summed E-state index contributed by atoms with van der Waals surface area (Å²) in [6.07, 6.45) is 1.44. The Hall–Kier alpha value is -3.33. The molecule has 1 unspecified atom stereocenters. The zero-order valence-electron chi connectivity index (χ0n) is 15.2. The van der Waals surface area contributed by atoms with Crippen molar-refractivity contribution in [1.29, 1.82) is 10.5 Å². The molecule has 142 valence electrons. The molecule has 8 heteroatoms. The van der Waals surface area contributed by atoms with Gasteiger partial charge in [0.05, 0.1) is 23.4 Å². The van der Waals surface area contributed by atoms with E-state index in [9.17, 15) is 14.4 Å². The third-order valence-corrected chi connectivity index (χ3v) is 4.75. The quantitative estimate of drug-likeness (QED) is 0.783. The van der Waals surface area contributed by atoms with E-state index >= 15 is 0 Å². The molecule has 28 heavy (non-hydrogen) atoms. The molecule has 1 fully saturated rings. The molecule has 3 rings (SSSR count). The molecule has 0 aliphatic carbocycles. The van der Waals surface area contributed by atoms with Gasteiger partial charge in [-0.2, -0.15) is 10.5 Å². The average Bonchev–Trinajstić information content (AvgIpc) is 2.68. The smallest absolute Gasteiger partial charge is 0.255 e. The van der Waals surface area contributed by atoms with Crippen molar-refractivity contribution in [3.8, 4) is 23.3 Å². The van der Waals surface area contributed by atoms with E-state index in [-0.39, 0.29) is 12.1 Å². The van der Waals surface area contributed by atoms with E-state index in [1.165, 1.54) is 19.4 Å². The fourth-order valence-electron chi connectivity index (χ4n) is 2.87. The number of nitrogens with one attached hydrogen (secondary N) is 2. The number of carbonyl (C=O) groups excluding carboxylic acids is 1. The van der Waals surface area contributed by atoms with Gasteiger partial charge >= 0.3 is 0 Å². The van der Waals surface area contributed by atoms with Gasteiger partial charge in [0.1, 0.15) is 11.9 Å². The van der Waals surface area contributed by atoms with Crippen molar-refractivity contribution in [2.75, 3.05) is 20.2 Å². The third-order valence-electron chi connectivity index (χ3n) is 4.75. The first-order valence-corrected chi connectivity index (χ1v) is 8.63. The van der Waals surface area contributed by atoms with E-state index in [1.54, 1.807) is 24.3 Å². The first-order valence-electron chi connectivity index (χ1n) is 8.63. The number of carbonyl (C=O) groups is 1. The van der Waals surface area contributed by atoms with E-state index in [4.69, 9.17) is 10.00 Å². The monoisotopic (exact) mass is 379 g/mol. The van der Waals surface area contributed by atoms with E-state index in [2.05, 4.69) is 15.6 Å². The maximum Gasteiger partial charge on any atom is 0.255 e. The van der Waals surface area contributed by atoms with E-state index < -0.39 is 23.4 Å². The van der Waals surface area contributed by atoms with Crippen molar-refractivity contribution in [2.45, 2.75) is 18.1 Å². The van der Waals surface area contributed by atoms with Crippen molar-refractivity contribution in [3.63, 3.8) is 0 Å². The number of amides is 1. The SMILES string of the molecule is COC1(C(=O)NC(C#N)Cc2ncc(-c3ccc(C#N)cc3)cc2F)CNC1. The number of pyridine rings is 1. The van der Waals surface area contributed by atoms with Gasteiger partial charge in [-0.05, 0) is 23.8 Å². The first-order chi connectivity index (χ1) is 13.5. The Morgan fingerprint density at radius 1 is 1.36 bits per heavy atom.